The summed E-state index contributed by atoms with van der Waals surface area (Å²) in [7, 11) is 2.07. The molecule has 24 heavy (non-hydrogen) atoms. The van der Waals surface area contributed by atoms with Crippen molar-refractivity contribution in [2.45, 2.75) is 19.5 Å². The number of benzene rings is 2. The first kappa shape index (κ1) is 16.2. The zero-order chi connectivity index (χ0) is 16.9. The highest BCUT2D eigenvalue weighted by Gasteiger charge is 2.13. The Balaban J connectivity index is 1.79. The molecule has 3 heteroatoms. The minimum absolute atomic E-state index is 0.147. The van der Waals surface area contributed by atoms with Crippen molar-refractivity contribution in [3.8, 4) is 0 Å². The summed E-state index contributed by atoms with van der Waals surface area (Å²) in [6, 6.07) is 22.5. The highest BCUT2D eigenvalue weighted by atomic mass is 15.2. The van der Waals surface area contributed by atoms with Crippen molar-refractivity contribution in [3.63, 3.8) is 0 Å². The maximum Gasteiger partial charge on any atom is 0.131 e. The normalized spacial score (nSPS) is 12.0. The summed E-state index contributed by atoms with van der Waals surface area (Å²) in [5, 5.41) is 0. The van der Waals surface area contributed by atoms with Gasteiger partial charge in [0.15, 0.2) is 0 Å². The lowest BCUT2D eigenvalue weighted by molar-refractivity contribution is 0.845. The number of rotatable bonds is 5. The van der Waals surface area contributed by atoms with Gasteiger partial charge in [-0.05, 0) is 35.2 Å². The predicted octanol–water partition coefficient (Wildman–Crippen LogP) is 4.07. The Morgan fingerprint density at radius 3 is 2.21 bits per heavy atom. The van der Waals surface area contributed by atoms with Gasteiger partial charge in [0.1, 0.15) is 5.82 Å². The smallest absolute Gasteiger partial charge is 0.131 e. The van der Waals surface area contributed by atoms with Gasteiger partial charge < -0.3 is 10.6 Å². The fourth-order valence-corrected chi connectivity index (χ4v) is 2.94. The van der Waals surface area contributed by atoms with Gasteiger partial charge in [-0.3, -0.25) is 0 Å². The summed E-state index contributed by atoms with van der Waals surface area (Å²) in [4.78, 5) is 6.84. The van der Waals surface area contributed by atoms with Crippen LogP contribution in [0.2, 0.25) is 0 Å². The highest BCUT2D eigenvalue weighted by molar-refractivity contribution is 5.48. The van der Waals surface area contributed by atoms with E-state index in [0.29, 0.717) is 0 Å². The summed E-state index contributed by atoms with van der Waals surface area (Å²) in [6.07, 6.45) is 1.89. The van der Waals surface area contributed by atoms with Gasteiger partial charge in [0.25, 0.3) is 0 Å². The molecule has 1 aromatic heterocycles. The zero-order valence-electron chi connectivity index (χ0n) is 14.2. The molecular weight excluding hydrogens is 294 g/mol. The summed E-state index contributed by atoms with van der Waals surface area (Å²) >= 11 is 0. The van der Waals surface area contributed by atoms with E-state index >= 15 is 0 Å². The average Bonchev–Trinajstić information content (AvgIpc) is 2.62. The van der Waals surface area contributed by atoms with Gasteiger partial charge >= 0.3 is 0 Å². The Bertz CT molecular complexity index is 785. The molecule has 0 amide bonds. The van der Waals surface area contributed by atoms with Crippen LogP contribution in [0, 0.1) is 6.92 Å². The third kappa shape index (κ3) is 3.63. The quantitative estimate of drug-likeness (QED) is 0.771. The van der Waals surface area contributed by atoms with E-state index in [2.05, 4.69) is 66.3 Å². The zero-order valence-corrected chi connectivity index (χ0v) is 14.2. The van der Waals surface area contributed by atoms with Crippen molar-refractivity contribution in [1.29, 1.82) is 0 Å². The summed E-state index contributed by atoms with van der Waals surface area (Å²) in [6.45, 7) is 2.92. The Morgan fingerprint density at radius 2 is 1.58 bits per heavy atom. The van der Waals surface area contributed by atoms with Crippen LogP contribution in [-0.4, -0.2) is 12.0 Å². The largest absolute Gasteiger partial charge is 0.355 e. The average molecular weight is 317 g/mol. The lowest BCUT2D eigenvalue weighted by Gasteiger charge is -2.22. The number of hydrogen-bond acceptors (Lipinski definition) is 3. The van der Waals surface area contributed by atoms with Crippen molar-refractivity contribution in [2.75, 3.05) is 11.9 Å². The van der Waals surface area contributed by atoms with E-state index < -0.39 is 0 Å². The lowest BCUT2D eigenvalue weighted by atomic mass is 10.00. The first-order valence-corrected chi connectivity index (χ1v) is 8.17. The van der Waals surface area contributed by atoms with Crippen molar-refractivity contribution in [2.24, 2.45) is 5.73 Å². The van der Waals surface area contributed by atoms with Gasteiger partial charge in [-0.15, -0.1) is 0 Å². The Kier molecular flexibility index (Phi) is 4.92. The molecule has 0 saturated carbocycles. The first-order chi connectivity index (χ1) is 11.6. The van der Waals surface area contributed by atoms with Crippen LogP contribution >= 0.6 is 0 Å². The molecule has 3 aromatic rings. The molecule has 0 spiro atoms. The Morgan fingerprint density at radius 1 is 0.958 bits per heavy atom. The van der Waals surface area contributed by atoms with Crippen LogP contribution in [0.3, 0.4) is 0 Å². The molecule has 0 bridgehead atoms. The van der Waals surface area contributed by atoms with Gasteiger partial charge in [0.05, 0.1) is 6.04 Å². The Hall–Kier alpha value is -2.65. The van der Waals surface area contributed by atoms with Crippen LogP contribution in [0.25, 0.3) is 0 Å². The molecule has 0 saturated heterocycles. The van der Waals surface area contributed by atoms with Crippen molar-refractivity contribution < 1.29 is 0 Å². The van der Waals surface area contributed by atoms with Crippen molar-refractivity contribution in [1.82, 2.24) is 4.98 Å². The van der Waals surface area contributed by atoms with Crippen LogP contribution < -0.4 is 10.6 Å². The third-order valence-electron chi connectivity index (χ3n) is 4.21. The number of nitrogens with two attached hydrogens (primary N) is 1. The van der Waals surface area contributed by atoms with Gasteiger partial charge in [-0.25, -0.2) is 4.98 Å². The molecule has 1 atom stereocenters. The van der Waals surface area contributed by atoms with E-state index in [0.717, 1.165) is 29.1 Å². The van der Waals surface area contributed by atoms with Gasteiger partial charge in [-0.2, -0.15) is 0 Å². The summed E-state index contributed by atoms with van der Waals surface area (Å²) < 4.78 is 0. The molecule has 0 aliphatic rings. The molecule has 2 N–H and O–H groups in total. The number of hydrogen-bond donors (Lipinski definition) is 1. The lowest BCUT2D eigenvalue weighted by Crippen LogP contribution is -2.20. The molecule has 3 nitrogen and oxygen atoms in total. The van der Waals surface area contributed by atoms with E-state index in [9.17, 15) is 0 Å². The molecule has 0 radical (unpaired) electrons. The second-order valence-corrected chi connectivity index (χ2v) is 6.14. The second kappa shape index (κ2) is 7.28. The van der Waals surface area contributed by atoms with Crippen molar-refractivity contribution >= 4 is 5.82 Å². The Labute approximate surface area is 143 Å². The summed E-state index contributed by atoms with van der Waals surface area (Å²) in [5.74, 6) is 0.989. The van der Waals surface area contributed by atoms with Gasteiger partial charge in [0, 0.05) is 19.8 Å². The molecule has 1 heterocycles. The van der Waals surface area contributed by atoms with E-state index in [1.165, 1.54) is 5.56 Å². The first-order valence-electron chi connectivity index (χ1n) is 8.17. The molecule has 0 unspecified atom stereocenters. The summed E-state index contributed by atoms with van der Waals surface area (Å²) in [5.41, 5.74) is 10.9. The van der Waals surface area contributed by atoms with E-state index in [-0.39, 0.29) is 6.04 Å². The highest BCUT2D eigenvalue weighted by Crippen LogP contribution is 2.24. The number of anilines is 1. The fourth-order valence-electron chi connectivity index (χ4n) is 2.94. The number of aromatic nitrogens is 1. The predicted molar refractivity (Wildman–Crippen MR) is 100.0 cm³/mol. The molecule has 2 aromatic carbocycles. The maximum atomic E-state index is 6.38. The minimum Gasteiger partial charge on any atom is -0.355 e. The SMILES string of the molecule is Cc1cc([C@H](N)c2ccccc2)cnc1N(C)Cc1ccccc1. The van der Waals surface area contributed by atoms with Crippen LogP contribution in [0.5, 0.6) is 0 Å². The molecule has 0 aliphatic heterocycles. The van der Waals surface area contributed by atoms with E-state index in [4.69, 9.17) is 5.73 Å². The topological polar surface area (TPSA) is 42.1 Å². The minimum atomic E-state index is -0.147. The molecule has 122 valence electrons. The number of pyridine rings is 1. The standard InChI is InChI=1S/C21H23N3/c1-16-13-19(20(22)18-11-7-4-8-12-18)14-23-21(16)24(2)15-17-9-5-3-6-10-17/h3-14,20H,15,22H2,1-2H3/t20-/m1/s1. The van der Waals surface area contributed by atoms with E-state index in [1.54, 1.807) is 0 Å². The molecule has 3 rings (SSSR count). The monoisotopic (exact) mass is 317 g/mol. The van der Waals surface area contributed by atoms with Crippen LogP contribution in [0.1, 0.15) is 28.3 Å². The molecule has 0 fully saturated rings. The van der Waals surface area contributed by atoms with Crippen LogP contribution in [0.4, 0.5) is 5.82 Å². The van der Waals surface area contributed by atoms with Gasteiger partial charge in [-0.1, -0.05) is 60.7 Å². The van der Waals surface area contributed by atoms with Gasteiger partial charge in [0.2, 0.25) is 0 Å². The van der Waals surface area contributed by atoms with Crippen LogP contribution in [0.15, 0.2) is 72.9 Å². The molecule has 0 aliphatic carbocycles. The number of nitrogens with zero attached hydrogens (tertiary/aromatic N) is 2. The maximum absolute atomic E-state index is 6.38. The molecular formula is C21H23N3. The number of aryl methyl sites for hydroxylation is 1. The fraction of sp³-hybridized carbons (Fsp3) is 0.190. The van der Waals surface area contributed by atoms with Crippen molar-refractivity contribution in [3.05, 3.63) is 95.2 Å². The second-order valence-electron chi connectivity index (χ2n) is 6.14. The third-order valence-corrected chi connectivity index (χ3v) is 4.21. The van der Waals surface area contributed by atoms with E-state index in [1.807, 2.05) is 30.5 Å². The van der Waals surface area contributed by atoms with Crippen LogP contribution in [-0.2, 0) is 6.54 Å².